The highest BCUT2D eigenvalue weighted by Crippen LogP contribution is 2.44. The average molecular weight is 794 g/mol. The van der Waals surface area contributed by atoms with Crippen molar-refractivity contribution in [2.45, 2.75) is 0 Å². The molecule has 3 aromatic heterocycles. The molecule has 0 radical (unpaired) electrons. The first-order chi connectivity index (χ1) is 30.7. The number of hydrogen-bond acceptors (Lipinski definition) is 4. The predicted molar refractivity (Wildman–Crippen MR) is 257 cm³/mol. The molecule has 0 aliphatic heterocycles. The Morgan fingerprint density at radius 1 is 0.274 bits per heavy atom. The summed E-state index contributed by atoms with van der Waals surface area (Å²) in [5, 5.41) is 8.99. The molecule has 0 fully saturated rings. The van der Waals surface area contributed by atoms with Crippen molar-refractivity contribution in [1.29, 1.82) is 0 Å². The van der Waals surface area contributed by atoms with E-state index in [1.807, 2.05) is 24.3 Å². The normalized spacial score (nSPS) is 11.9. The molecule has 0 aliphatic rings. The van der Waals surface area contributed by atoms with E-state index in [9.17, 15) is 0 Å². The van der Waals surface area contributed by atoms with Crippen LogP contribution in [0.4, 0.5) is 17.1 Å². The molecule has 0 saturated heterocycles. The van der Waals surface area contributed by atoms with Crippen molar-refractivity contribution in [2.75, 3.05) is 4.90 Å². The standard InChI is InChI=1S/C58H35NO3/c1-2-10-36(11-3-1)37-20-26-41(27-21-37)59(43-30-32-48-46-13-4-6-18-51(46)60-55(48)35-43)42-28-22-38(23-29-42)44-15-8-12-39-25-33-53-57(56(39)44)50-31-24-40(34-54(50)61-53)45-16-9-17-49-47-14-5-7-19-52(47)62-58(45)49/h1-35H. The second-order valence-electron chi connectivity index (χ2n) is 16.0. The van der Waals surface area contributed by atoms with Crippen LogP contribution in [-0.4, -0.2) is 0 Å². The number of anilines is 3. The van der Waals surface area contributed by atoms with E-state index in [0.29, 0.717) is 0 Å². The molecule has 0 saturated carbocycles. The lowest BCUT2D eigenvalue weighted by Crippen LogP contribution is -2.09. The highest BCUT2D eigenvalue weighted by Gasteiger charge is 2.19. The molecule has 0 atom stereocenters. The van der Waals surface area contributed by atoms with Gasteiger partial charge in [-0.2, -0.15) is 0 Å². The van der Waals surface area contributed by atoms with Crippen LogP contribution in [0.15, 0.2) is 226 Å². The Hall–Kier alpha value is -8.34. The van der Waals surface area contributed by atoms with E-state index in [0.717, 1.165) is 111 Å². The fourth-order valence-electron chi connectivity index (χ4n) is 9.55. The Morgan fingerprint density at radius 2 is 0.839 bits per heavy atom. The van der Waals surface area contributed by atoms with Gasteiger partial charge in [-0.1, -0.05) is 140 Å². The number of hydrogen-bond donors (Lipinski definition) is 0. The molecule has 62 heavy (non-hydrogen) atoms. The summed E-state index contributed by atoms with van der Waals surface area (Å²) in [6.07, 6.45) is 0. The smallest absolute Gasteiger partial charge is 0.143 e. The van der Waals surface area contributed by atoms with Gasteiger partial charge in [0.1, 0.15) is 33.5 Å². The molecule has 0 spiro atoms. The van der Waals surface area contributed by atoms with E-state index in [1.54, 1.807) is 0 Å². The zero-order valence-corrected chi connectivity index (χ0v) is 33.4. The minimum atomic E-state index is 0.846. The van der Waals surface area contributed by atoms with Gasteiger partial charge in [-0.05, 0) is 99.9 Å². The highest BCUT2D eigenvalue weighted by molar-refractivity contribution is 6.23. The Labute approximate surface area is 356 Å². The van der Waals surface area contributed by atoms with Gasteiger partial charge in [0.2, 0.25) is 0 Å². The van der Waals surface area contributed by atoms with Crippen molar-refractivity contribution in [3.05, 3.63) is 212 Å². The van der Waals surface area contributed by atoms with Crippen molar-refractivity contribution in [2.24, 2.45) is 0 Å². The van der Waals surface area contributed by atoms with Crippen LogP contribution in [0.5, 0.6) is 0 Å². The van der Waals surface area contributed by atoms with Crippen LogP contribution in [-0.2, 0) is 0 Å². The maximum Gasteiger partial charge on any atom is 0.143 e. The molecule has 290 valence electrons. The Balaban J connectivity index is 0.923. The maximum absolute atomic E-state index is 6.67. The number of furan rings is 3. The zero-order valence-electron chi connectivity index (χ0n) is 33.4. The van der Waals surface area contributed by atoms with Crippen molar-refractivity contribution < 1.29 is 13.3 Å². The first-order valence-electron chi connectivity index (χ1n) is 21.0. The second kappa shape index (κ2) is 13.6. The molecule has 13 rings (SSSR count). The van der Waals surface area contributed by atoms with Crippen LogP contribution in [0.25, 0.3) is 110 Å². The summed E-state index contributed by atoms with van der Waals surface area (Å²) in [7, 11) is 0. The average Bonchev–Trinajstić information content (AvgIpc) is 4.03. The Morgan fingerprint density at radius 3 is 1.65 bits per heavy atom. The van der Waals surface area contributed by atoms with Gasteiger partial charge in [0.25, 0.3) is 0 Å². The fraction of sp³-hybridized carbons (Fsp3) is 0. The molecule has 0 aliphatic carbocycles. The van der Waals surface area contributed by atoms with Crippen molar-refractivity contribution in [1.82, 2.24) is 0 Å². The van der Waals surface area contributed by atoms with Crippen molar-refractivity contribution >= 4 is 93.7 Å². The topological polar surface area (TPSA) is 42.7 Å². The summed E-state index contributed by atoms with van der Waals surface area (Å²) in [5.74, 6) is 0. The predicted octanol–water partition coefficient (Wildman–Crippen LogP) is 17.0. The molecule has 0 bridgehead atoms. The first kappa shape index (κ1) is 34.5. The number of fused-ring (bicyclic) bond motifs is 11. The Bertz CT molecular complexity index is 3850. The van der Waals surface area contributed by atoms with Crippen LogP contribution in [0.1, 0.15) is 0 Å². The fourth-order valence-corrected chi connectivity index (χ4v) is 9.55. The molecule has 0 N–H and O–H groups in total. The first-order valence-corrected chi connectivity index (χ1v) is 21.0. The van der Waals surface area contributed by atoms with E-state index < -0.39 is 0 Å². The van der Waals surface area contributed by atoms with Gasteiger partial charge in [0.15, 0.2) is 0 Å². The summed E-state index contributed by atoms with van der Waals surface area (Å²) in [4.78, 5) is 2.31. The molecular formula is C58H35NO3. The lowest BCUT2D eigenvalue weighted by molar-refractivity contribution is 0.668. The van der Waals surface area contributed by atoms with E-state index in [4.69, 9.17) is 13.3 Å². The quantitative estimate of drug-likeness (QED) is 0.168. The summed E-state index contributed by atoms with van der Waals surface area (Å²) in [5.41, 5.74) is 15.1. The van der Waals surface area contributed by atoms with Crippen LogP contribution in [0.2, 0.25) is 0 Å². The van der Waals surface area contributed by atoms with Crippen molar-refractivity contribution in [3.63, 3.8) is 0 Å². The SMILES string of the molecule is c1ccc(-c2ccc(N(c3ccc(-c4cccc5ccc6oc7cc(-c8cccc9c8oc8ccccc89)ccc7c6c45)cc3)c3ccc4c(c3)oc3ccccc34)cc2)cc1. The number of nitrogens with zero attached hydrogens (tertiary/aromatic N) is 1. The van der Waals surface area contributed by atoms with Gasteiger partial charge in [-0.15, -0.1) is 0 Å². The Kier molecular flexibility index (Phi) is 7.57. The van der Waals surface area contributed by atoms with Crippen LogP contribution in [0, 0.1) is 0 Å². The third kappa shape index (κ3) is 5.40. The molecule has 13 aromatic rings. The van der Waals surface area contributed by atoms with Gasteiger partial charge in [-0.3, -0.25) is 0 Å². The van der Waals surface area contributed by atoms with Crippen LogP contribution < -0.4 is 4.90 Å². The molecule has 4 nitrogen and oxygen atoms in total. The van der Waals surface area contributed by atoms with Gasteiger partial charge >= 0.3 is 0 Å². The number of benzene rings is 10. The summed E-state index contributed by atoms with van der Waals surface area (Å²) < 4.78 is 19.5. The van der Waals surface area contributed by atoms with Crippen molar-refractivity contribution in [3.8, 4) is 33.4 Å². The van der Waals surface area contributed by atoms with Crippen LogP contribution in [0.3, 0.4) is 0 Å². The largest absolute Gasteiger partial charge is 0.456 e. The molecule has 0 unspecified atom stereocenters. The van der Waals surface area contributed by atoms with Gasteiger partial charge < -0.3 is 18.2 Å². The van der Waals surface area contributed by atoms with Crippen LogP contribution >= 0.6 is 0 Å². The van der Waals surface area contributed by atoms with E-state index in [1.165, 1.54) is 16.5 Å². The zero-order chi connectivity index (χ0) is 40.7. The highest BCUT2D eigenvalue weighted by atomic mass is 16.3. The molecular weight excluding hydrogens is 759 g/mol. The molecule has 10 aromatic carbocycles. The van der Waals surface area contributed by atoms with Gasteiger partial charge in [0, 0.05) is 66.4 Å². The maximum atomic E-state index is 6.67. The minimum absolute atomic E-state index is 0.846. The summed E-state index contributed by atoms with van der Waals surface area (Å²) in [6.45, 7) is 0. The molecule has 4 heteroatoms. The third-order valence-corrected chi connectivity index (χ3v) is 12.5. The summed E-state index contributed by atoms with van der Waals surface area (Å²) in [6, 6.07) is 75.0. The van der Waals surface area contributed by atoms with E-state index in [2.05, 4.69) is 193 Å². The second-order valence-corrected chi connectivity index (χ2v) is 16.0. The number of rotatable bonds is 6. The summed E-state index contributed by atoms with van der Waals surface area (Å²) >= 11 is 0. The lowest BCUT2D eigenvalue weighted by Gasteiger charge is -2.26. The monoisotopic (exact) mass is 793 g/mol. The van der Waals surface area contributed by atoms with E-state index >= 15 is 0 Å². The van der Waals surface area contributed by atoms with Gasteiger partial charge in [0.05, 0.1) is 0 Å². The molecule has 3 heterocycles. The lowest BCUT2D eigenvalue weighted by atomic mass is 9.94. The number of para-hydroxylation sites is 3. The van der Waals surface area contributed by atoms with E-state index in [-0.39, 0.29) is 0 Å². The van der Waals surface area contributed by atoms with Gasteiger partial charge in [-0.25, -0.2) is 0 Å². The third-order valence-electron chi connectivity index (χ3n) is 12.5. The molecule has 0 amide bonds. The minimum Gasteiger partial charge on any atom is -0.456 e.